The molecule has 0 aliphatic heterocycles. The highest BCUT2D eigenvalue weighted by Crippen LogP contribution is 2.35. The van der Waals surface area contributed by atoms with Crippen molar-refractivity contribution in [3.05, 3.63) is 0 Å². The SMILES string of the molecule is CCCNC(CCCOC)C1CCCCC1CC. The van der Waals surface area contributed by atoms with E-state index in [0.717, 1.165) is 24.5 Å². The van der Waals surface area contributed by atoms with Crippen LogP contribution in [0, 0.1) is 11.8 Å². The molecule has 0 radical (unpaired) electrons. The molecule has 0 aromatic rings. The second kappa shape index (κ2) is 9.80. The van der Waals surface area contributed by atoms with E-state index in [9.17, 15) is 0 Å². The average molecular weight is 255 g/mol. The van der Waals surface area contributed by atoms with Crippen LogP contribution >= 0.6 is 0 Å². The number of ether oxygens (including phenoxy) is 1. The van der Waals surface area contributed by atoms with Crippen molar-refractivity contribution in [3.63, 3.8) is 0 Å². The molecule has 1 fully saturated rings. The van der Waals surface area contributed by atoms with Gasteiger partial charge in [0.15, 0.2) is 0 Å². The summed E-state index contributed by atoms with van der Waals surface area (Å²) in [5, 5.41) is 3.81. The van der Waals surface area contributed by atoms with Crippen LogP contribution in [0.5, 0.6) is 0 Å². The lowest BCUT2D eigenvalue weighted by Gasteiger charge is -2.37. The van der Waals surface area contributed by atoms with Gasteiger partial charge in [0.25, 0.3) is 0 Å². The minimum Gasteiger partial charge on any atom is -0.385 e. The highest BCUT2D eigenvalue weighted by Gasteiger charge is 2.29. The molecular formula is C16H33NO. The first kappa shape index (κ1) is 16.0. The maximum absolute atomic E-state index is 5.21. The van der Waals surface area contributed by atoms with Crippen molar-refractivity contribution in [3.8, 4) is 0 Å². The van der Waals surface area contributed by atoms with Crippen molar-refractivity contribution in [1.82, 2.24) is 5.32 Å². The lowest BCUT2D eigenvalue weighted by molar-refractivity contribution is 0.148. The van der Waals surface area contributed by atoms with Crippen LogP contribution in [0.2, 0.25) is 0 Å². The first-order chi connectivity index (χ1) is 8.83. The van der Waals surface area contributed by atoms with Crippen molar-refractivity contribution in [2.24, 2.45) is 11.8 Å². The number of hydrogen-bond donors (Lipinski definition) is 1. The van der Waals surface area contributed by atoms with Gasteiger partial charge in [-0.2, -0.15) is 0 Å². The molecule has 1 rings (SSSR count). The van der Waals surface area contributed by atoms with Crippen LogP contribution in [-0.2, 0) is 4.74 Å². The fourth-order valence-electron chi connectivity index (χ4n) is 3.52. The standard InChI is InChI=1S/C16H33NO/c1-4-12-17-16(11-8-13-18-3)15-10-7-6-9-14(15)5-2/h14-17H,4-13H2,1-3H3. The molecule has 1 aliphatic rings. The Morgan fingerprint density at radius 2 is 2.00 bits per heavy atom. The molecule has 1 saturated carbocycles. The van der Waals surface area contributed by atoms with Gasteiger partial charge >= 0.3 is 0 Å². The van der Waals surface area contributed by atoms with E-state index in [1.807, 2.05) is 7.11 Å². The van der Waals surface area contributed by atoms with Gasteiger partial charge in [0, 0.05) is 19.8 Å². The smallest absolute Gasteiger partial charge is 0.0462 e. The molecule has 1 N–H and O–H groups in total. The number of methoxy groups -OCH3 is 1. The Morgan fingerprint density at radius 1 is 1.22 bits per heavy atom. The predicted octanol–water partition coefficient (Wildman–Crippen LogP) is 4.00. The molecule has 0 bridgehead atoms. The number of hydrogen-bond acceptors (Lipinski definition) is 2. The highest BCUT2D eigenvalue weighted by atomic mass is 16.5. The zero-order chi connectivity index (χ0) is 13.2. The minimum absolute atomic E-state index is 0.727. The summed E-state index contributed by atoms with van der Waals surface area (Å²) in [5.74, 6) is 1.86. The van der Waals surface area contributed by atoms with Gasteiger partial charge in [-0.15, -0.1) is 0 Å². The van der Waals surface area contributed by atoms with E-state index in [-0.39, 0.29) is 0 Å². The molecule has 18 heavy (non-hydrogen) atoms. The van der Waals surface area contributed by atoms with Crippen LogP contribution in [0.3, 0.4) is 0 Å². The van der Waals surface area contributed by atoms with Gasteiger partial charge in [-0.1, -0.05) is 39.5 Å². The van der Waals surface area contributed by atoms with Gasteiger partial charge in [-0.25, -0.2) is 0 Å². The van der Waals surface area contributed by atoms with Crippen LogP contribution in [-0.4, -0.2) is 26.3 Å². The number of rotatable bonds is 9. The quantitative estimate of drug-likeness (QED) is 0.629. The molecule has 3 atom stereocenters. The summed E-state index contributed by atoms with van der Waals surface area (Å²) >= 11 is 0. The lowest BCUT2D eigenvalue weighted by Crippen LogP contribution is -2.41. The van der Waals surface area contributed by atoms with Crippen LogP contribution in [0.15, 0.2) is 0 Å². The van der Waals surface area contributed by atoms with E-state index in [0.29, 0.717) is 0 Å². The summed E-state index contributed by atoms with van der Waals surface area (Å²) in [5.41, 5.74) is 0. The fourth-order valence-corrected chi connectivity index (χ4v) is 3.52. The van der Waals surface area contributed by atoms with Gasteiger partial charge < -0.3 is 10.1 Å². The molecular weight excluding hydrogens is 222 g/mol. The van der Waals surface area contributed by atoms with E-state index >= 15 is 0 Å². The van der Waals surface area contributed by atoms with Crippen molar-refractivity contribution in [1.29, 1.82) is 0 Å². The van der Waals surface area contributed by atoms with E-state index in [1.165, 1.54) is 57.9 Å². The van der Waals surface area contributed by atoms with E-state index in [1.54, 1.807) is 0 Å². The summed E-state index contributed by atoms with van der Waals surface area (Å²) < 4.78 is 5.21. The summed E-state index contributed by atoms with van der Waals surface area (Å²) in [7, 11) is 1.81. The fraction of sp³-hybridized carbons (Fsp3) is 1.00. The van der Waals surface area contributed by atoms with Crippen molar-refractivity contribution in [2.75, 3.05) is 20.3 Å². The van der Waals surface area contributed by atoms with Gasteiger partial charge in [0.1, 0.15) is 0 Å². The molecule has 0 saturated heterocycles. The Balaban J connectivity index is 2.48. The molecule has 0 spiro atoms. The van der Waals surface area contributed by atoms with Crippen LogP contribution in [0.1, 0.15) is 65.2 Å². The Labute approximate surface area is 114 Å². The van der Waals surface area contributed by atoms with Crippen molar-refractivity contribution in [2.45, 2.75) is 71.3 Å². The van der Waals surface area contributed by atoms with E-state index in [2.05, 4.69) is 19.2 Å². The second-order valence-corrected chi connectivity index (χ2v) is 5.81. The summed E-state index contributed by atoms with van der Waals surface area (Å²) in [6, 6.07) is 0.727. The number of nitrogens with one attached hydrogen (secondary N) is 1. The predicted molar refractivity (Wildman–Crippen MR) is 78.9 cm³/mol. The Bertz CT molecular complexity index is 196. The molecule has 0 aromatic carbocycles. The van der Waals surface area contributed by atoms with Gasteiger partial charge in [-0.3, -0.25) is 0 Å². The molecule has 108 valence electrons. The monoisotopic (exact) mass is 255 g/mol. The highest BCUT2D eigenvalue weighted by molar-refractivity contribution is 4.84. The first-order valence-corrected chi connectivity index (χ1v) is 8.05. The van der Waals surface area contributed by atoms with Gasteiger partial charge in [-0.05, 0) is 44.1 Å². The lowest BCUT2D eigenvalue weighted by atomic mass is 9.73. The summed E-state index contributed by atoms with van der Waals surface area (Å²) in [6.07, 6.45) is 10.9. The first-order valence-electron chi connectivity index (χ1n) is 8.05. The third-order valence-electron chi connectivity index (χ3n) is 4.53. The van der Waals surface area contributed by atoms with Crippen LogP contribution in [0.4, 0.5) is 0 Å². The minimum atomic E-state index is 0.727. The Kier molecular flexibility index (Phi) is 8.70. The largest absolute Gasteiger partial charge is 0.385 e. The summed E-state index contributed by atoms with van der Waals surface area (Å²) in [6.45, 7) is 6.71. The zero-order valence-electron chi connectivity index (χ0n) is 12.7. The van der Waals surface area contributed by atoms with E-state index < -0.39 is 0 Å². The molecule has 2 heteroatoms. The van der Waals surface area contributed by atoms with Crippen LogP contribution in [0.25, 0.3) is 0 Å². The molecule has 3 unspecified atom stereocenters. The normalized spacial score (nSPS) is 26.2. The maximum atomic E-state index is 5.21. The van der Waals surface area contributed by atoms with Gasteiger partial charge in [0.05, 0.1) is 0 Å². The maximum Gasteiger partial charge on any atom is 0.0462 e. The van der Waals surface area contributed by atoms with Crippen LogP contribution < -0.4 is 5.32 Å². The molecule has 0 amide bonds. The van der Waals surface area contributed by atoms with E-state index in [4.69, 9.17) is 4.74 Å². The summed E-state index contributed by atoms with van der Waals surface area (Å²) in [4.78, 5) is 0. The van der Waals surface area contributed by atoms with Crippen molar-refractivity contribution >= 4 is 0 Å². The van der Waals surface area contributed by atoms with Crippen molar-refractivity contribution < 1.29 is 4.74 Å². The topological polar surface area (TPSA) is 21.3 Å². The molecule has 2 nitrogen and oxygen atoms in total. The Hall–Kier alpha value is -0.0800. The molecule has 0 aromatic heterocycles. The molecule has 0 heterocycles. The zero-order valence-corrected chi connectivity index (χ0v) is 12.7. The Morgan fingerprint density at radius 3 is 2.67 bits per heavy atom. The van der Waals surface area contributed by atoms with Gasteiger partial charge in [0.2, 0.25) is 0 Å². The molecule has 1 aliphatic carbocycles. The third-order valence-corrected chi connectivity index (χ3v) is 4.53. The average Bonchev–Trinajstić information content (AvgIpc) is 2.42. The second-order valence-electron chi connectivity index (χ2n) is 5.81. The third kappa shape index (κ3) is 5.27.